The van der Waals surface area contributed by atoms with E-state index >= 15 is 0 Å². The van der Waals surface area contributed by atoms with Crippen molar-refractivity contribution in [3.63, 3.8) is 0 Å². The Kier molecular flexibility index (Phi) is 4.95. The first kappa shape index (κ1) is 14.3. The molecule has 0 bridgehead atoms. The molecule has 2 aromatic carbocycles. The van der Waals surface area contributed by atoms with Gasteiger partial charge in [-0.1, -0.05) is 34.1 Å². The molecule has 0 unspecified atom stereocenters. The Morgan fingerprint density at radius 2 is 1.95 bits per heavy atom. The van der Waals surface area contributed by atoms with Crippen LogP contribution in [0.3, 0.4) is 0 Å². The van der Waals surface area contributed by atoms with E-state index in [0.717, 1.165) is 5.69 Å². The van der Waals surface area contributed by atoms with Crippen LogP contribution >= 0.6 is 15.9 Å². The number of anilines is 1. The van der Waals surface area contributed by atoms with Gasteiger partial charge in [0.2, 0.25) is 0 Å². The highest BCUT2D eigenvalue weighted by atomic mass is 79.9. The standard InChI is InChI=1S/C14H12BrFN2O2/c15-10-6-7-13(12(16)8-10)20-9-14(19)18-17-11-4-2-1-3-5-11/h1-8,17H,9H2,(H,18,19). The molecule has 0 aromatic heterocycles. The van der Waals surface area contributed by atoms with Gasteiger partial charge in [0.05, 0.1) is 5.69 Å². The van der Waals surface area contributed by atoms with E-state index in [-0.39, 0.29) is 12.4 Å². The van der Waals surface area contributed by atoms with Crippen LogP contribution in [-0.2, 0) is 4.79 Å². The molecule has 1 amide bonds. The zero-order chi connectivity index (χ0) is 14.4. The SMILES string of the molecule is O=C(COc1ccc(Br)cc1F)NNc1ccccc1. The fourth-order valence-corrected chi connectivity index (χ4v) is 1.77. The minimum absolute atomic E-state index is 0.0306. The summed E-state index contributed by atoms with van der Waals surface area (Å²) in [5, 5.41) is 0. The molecule has 0 atom stereocenters. The lowest BCUT2D eigenvalue weighted by Gasteiger charge is -2.10. The van der Waals surface area contributed by atoms with Crippen LogP contribution in [-0.4, -0.2) is 12.5 Å². The summed E-state index contributed by atoms with van der Waals surface area (Å²) in [6, 6.07) is 13.5. The molecule has 2 aromatic rings. The van der Waals surface area contributed by atoms with E-state index < -0.39 is 11.7 Å². The van der Waals surface area contributed by atoms with Crippen molar-refractivity contribution in [2.45, 2.75) is 0 Å². The number of amides is 1. The largest absolute Gasteiger partial charge is 0.481 e. The normalized spacial score (nSPS) is 9.90. The molecular weight excluding hydrogens is 327 g/mol. The first-order valence-corrected chi connectivity index (χ1v) is 6.62. The molecule has 0 heterocycles. The van der Waals surface area contributed by atoms with E-state index in [4.69, 9.17) is 4.74 Å². The number of nitrogens with one attached hydrogen (secondary N) is 2. The Balaban J connectivity index is 1.80. The smallest absolute Gasteiger partial charge is 0.276 e. The lowest BCUT2D eigenvalue weighted by Crippen LogP contribution is -2.33. The molecule has 0 aliphatic carbocycles. The van der Waals surface area contributed by atoms with Crippen molar-refractivity contribution in [3.8, 4) is 5.75 Å². The van der Waals surface area contributed by atoms with Gasteiger partial charge < -0.3 is 4.74 Å². The number of carbonyl (C=O) groups is 1. The van der Waals surface area contributed by atoms with Crippen LogP contribution in [0, 0.1) is 5.82 Å². The maximum absolute atomic E-state index is 13.4. The van der Waals surface area contributed by atoms with Crippen molar-refractivity contribution >= 4 is 27.5 Å². The van der Waals surface area contributed by atoms with Crippen molar-refractivity contribution in [3.05, 3.63) is 58.8 Å². The van der Waals surface area contributed by atoms with E-state index in [1.165, 1.54) is 12.1 Å². The molecule has 0 saturated heterocycles. The quantitative estimate of drug-likeness (QED) is 0.823. The third-order valence-electron chi connectivity index (χ3n) is 2.37. The lowest BCUT2D eigenvalue weighted by atomic mass is 10.3. The maximum Gasteiger partial charge on any atom is 0.276 e. The molecule has 0 aliphatic rings. The highest BCUT2D eigenvalue weighted by Gasteiger charge is 2.07. The molecular formula is C14H12BrFN2O2. The molecule has 0 aliphatic heterocycles. The number of hydrazine groups is 1. The molecule has 2 rings (SSSR count). The van der Waals surface area contributed by atoms with Crippen molar-refractivity contribution in [1.82, 2.24) is 5.43 Å². The summed E-state index contributed by atoms with van der Waals surface area (Å²) >= 11 is 3.14. The number of halogens is 2. The zero-order valence-electron chi connectivity index (χ0n) is 10.4. The summed E-state index contributed by atoms with van der Waals surface area (Å²) in [6.07, 6.45) is 0. The highest BCUT2D eigenvalue weighted by Crippen LogP contribution is 2.21. The van der Waals surface area contributed by atoms with Gasteiger partial charge in [-0.05, 0) is 30.3 Å². The summed E-state index contributed by atoms with van der Waals surface area (Å²) in [5.74, 6) is -0.901. The summed E-state index contributed by atoms with van der Waals surface area (Å²) in [7, 11) is 0. The molecule has 0 fully saturated rings. The van der Waals surface area contributed by atoms with E-state index in [0.29, 0.717) is 4.47 Å². The van der Waals surface area contributed by atoms with Crippen molar-refractivity contribution < 1.29 is 13.9 Å². The van der Waals surface area contributed by atoms with Crippen LogP contribution in [0.15, 0.2) is 53.0 Å². The number of rotatable bonds is 5. The summed E-state index contributed by atoms with van der Waals surface area (Å²) < 4.78 is 19.2. The lowest BCUT2D eigenvalue weighted by molar-refractivity contribution is -0.122. The molecule has 104 valence electrons. The molecule has 0 radical (unpaired) electrons. The van der Waals surface area contributed by atoms with Crippen molar-refractivity contribution in [1.29, 1.82) is 0 Å². The number of benzene rings is 2. The van der Waals surface area contributed by atoms with Crippen LogP contribution in [0.2, 0.25) is 0 Å². The monoisotopic (exact) mass is 338 g/mol. The van der Waals surface area contributed by atoms with E-state index in [1.807, 2.05) is 18.2 Å². The fraction of sp³-hybridized carbons (Fsp3) is 0.0714. The van der Waals surface area contributed by atoms with Gasteiger partial charge in [0.25, 0.3) is 5.91 Å². The van der Waals surface area contributed by atoms with Crippen LogP contribution in [0.1, 0.15) is 0 Å². The van der Waals surface area contributed by atoms with E-state index in [1.54, 1.807) is 18.2 Å². The molecule has 20 heavy (non-hydrogen) atoms. The molecule has 4 nitrogen and oxygen atoms in total. The average Bonchev–Trinajstić information content (AvgIpc) is 2.45. The third-order valence-corrected chi connectivity index (χ3v) is 2.87. The van der Waals surface area contributed by atoms with Gasteiger partial charge in [0, 0.05) is 4.47 Å². The fourth-order valence-electron chi connectivity index (χ4n) is 1.44. The summed E-state index contributed by atoms with van der Waals surface area (Å²) in [5.41, 5.74) is 5.92. The van der Waals surface area contributed by atoms with Gasteiger partial charge in [-0.25, -0.2) is 4.39 Å². The van der Waals surface area contributed by atoms with E-state index in [9.17, 15) is 9.18 Å². The van der Waals surface area contributed by atoms with Gasteiger partial charge in [-0.2, -0.15) is 0 Å². The van der Waals surface area contributed by atoms with E-state index in [2.05, 4.69) is 26.8 Å². The Labute approximate surface area is 124 Å². The minimum Gasteiger partial charge on any atom is -0.481 e. The number of carbonyl (C=O) groups excluding carboxylic acids is 1. The maximum atomic E-state index is 13.4. The van der Waals surface area contributed by atoms with Crippen molar-refractivity contribution in [2.24, 2.45) is 0 Å². The molecule has 2 N–H and O–H groups in total. The third kappa shape index (κ3) is 4.24. The minimum atomic E-state index is -0.525. The zero-order valence-corrected chi connectivity index (χ0v) is 12.0. The Bertz CT molecular complexity index is 593. The Hall–Kier alpha value is -2.08. The Morgan fingerprint density at radius 1 is 1.20 bits per heavy atom. The van der Waals surface area contributed by atoms with Crippen LogP contribution in [0.4, 0.5) is 10.1 Å². The summed E-state index contributed by atoms with van der Waals surface area (Å²) in [4.78, 5) is 11.5. The second kappa shape index (κ2) is 6.91. The number of para-hydroxylation sites is 1. The highest BCUT2D eigenvalue weighted by molar-refractivity contribution is 9.10. The number of ether oxygens (including phenoxy) is 1. The van der Waals surface area contributed by atoms with Gasteiger partial charge in [-0.15, -0.1) is 0 Å². The molecule has 0 spiro atoms. The second-order valence-corrected chi connectivity index (χ2v) is 4.82. The second-order valence-electron chi connectivity index (χ2n) is 3.90. The first-order chi connectivity index (χ1) is 9.65. The van der Waals surface area contributed by atoms with Crippen LogP contribution in [0.5, 0.6) is 5.75 Å². The first-order valence-electron chi connectivity index (χ1n) is 5.83. The average molecular weight is 339 g/mol. The predicted octanol–water partition coefficient (Wildman–Crippen LogP) is 3.11. The summed E-state index contributed by atoms with van der Waals surface area (Å²) in [6.45, 7) is -0.279. The van der Waals surface area contributed by atoms with Crippen LogP contribution in [0.25, 0.3) is 0 Å². The van der Waals surface area contributed by atoms with Crippen molar-refractivity contribution in [2.75, 3.05) is 12.0 Å². The van der Waals surface area contributed by atoms with Gasteiger partial charge in [0.15, 0.2) is 18.2 Å². The predicted molar refractivity (Wildman–Crippen MR) is 77.8 cm³/mol. The molecule has 6 heteroatoms. The van der Waals surface area contributed by atoms with Gasteiger partial charge >= 0.3 is 0 Å². The van der Waals surface area contributed by atoms with Gasteiger partial charge in [-0.3, -0.25) is 15.6 Å². The van der Waals surface area contributed by atoms with Crippen LogP contribution < -0.4 is 15.6 Å². The van der Waals surface area contributed by atoms with Gasteiger partial charge in [0.1, 0.15) is 0 Å². The Morgan fingerprint density at radius 3 is 2.65 bits per heavy atom. The molecule has 0 saturated carbocycles. The number of hydrogen-bond donors (Lipinski definition) is 2. The topological polar surface area (TPSA) is 50.4 Å². The number of hydrogen-bond acceptors (Lipinski definition) is 3.